The van der Waals surface area contributed by atoms with Gasteiger partial charge in [0.05, 0.1) is 12.5 Å². The monoisotopic (exact) mass is 160 g/mol. The molecule has 10 heavy (non-hydrogen) atoms. The van der Waals surface area contributed by atoms with E-state index in [0.29, 0.717) is 5.94 Å². The van der Waals surface area contributed by atoms with Crippen LogP contribution < -0.4 is 5.73 Å². The zero-order valence-corrected chi connectivity index (χ0v) is 6.62. The van der Waals surface area contributed by atoms with Crippen molar-refractivity contribution in [2.45, 2.75) is 12.8 Å². The molecule has 0 aromatic rings. The van der Waals surface area contributed by atoms with Crippen LogP contribution in [0.15, 0.2) is 0 Å². The molecule has 0 saturated heterocycles. The van der Waals surface area contributed by atoms with Gasteiger partial charge in [-0.3, -0.25) is 5.41 Å². The molecule has 0 unspecified atom stereocenters. The zero-order valence-electron chi connectivity index (χ0n) is 5.80. The van der Waals surface area contributed by atoms with Crippen LogP contribution in [0.25, 0.3) is 0 Å². The molecule has 1 aliphatic carbocycles. The van der Waals surface area contributed by atoms with Gasteiger partial charge >= 0.3 is 0 Å². The molecular weight excluding hydrogens is 148 g/mol. The van der Waals surface area contributed by atoms with E-state index in [1.165, 1.54) is 24.6 Å². The Labute approximate surface area is 64.8 Å². The number of rotatable bonds is 4. The minimum absolute atomic E-state index is 0.135. The van der Waals surface area contributed by atoms with Crippen LogP contribution in [0.1, 0.15) is 12.8 Å². The molecule has 0 aliphatic heterocycles. The van der Waals surface area contributed by atoms with Crippen molar-refractivity contribution in [1.82, 2.24) is 0 Å². The summed E-state index contributed by atoms with van der Waals surface area (Å²) in [5, 5.41) is 6.99. The van der Waals surface area contributed by atoms with Gasteiger partial charge in [-0.25, -0.2) is 0 Å². The summed E-state index contributed by atoms with van der Waals surface area (Å²) in [5.74, 6) is 1.33. The van der Waals surface area contributed by atoms with Crippen LogP contribution in [0.3, 0.4) is 0 Å². The molecule has 1 saturated carbocycles. The molecule has 0 spiro atoms. The van der Waals surface area contributed by atoms with E-state index >= 15 is 0 Å². The third-order valence-corrected chi connectivity index (χ3v) is 1.94. The standard InChI is InChI=1S/C6H12N2OS/c7-6(8)10-4-9-3-5-1-2-5/h5H,1-4H2,(H3,7,8). The molecule has 0 atom stereocenters. The van der Waals surface area contributed by atoms with E-state index in [2.05, 4.69) is 0 Å². The van der Waals surface area contributed by atoms with Gasteiger partial charge in [-0.15, -0.1) is 0 Å². The minimum atomic E-state index is 0.135. The second-order valence-electron chi connectivity index (χ2n) is 2.44. The van der Waals surface area contributed by atoms with Gasteiger partial charge < -0.3 is 10.5 Å². The Morgan fingerprint density at radius 3 is 2.90 bits per heavy atom. The maximum absolute atomic E-state index is 6.86. The quantitative estimate of drug-likeness (QED) is 0.279. The smallest absolute Gasteiger partial charge is 0.153 e. The molecule has 0 radical (unpaired) electrons. The van der Waals surface area contributed by atoms with Crippen molar-refractivity contribution in [3.63, 3.8) is 0 Å². The van der Waals surface area contributed by atoms with Gasteiger partial charge in [0.25, 0.3) is 0 Å². The summed E-state index contributed by atoms with van der Waals surface area (Å²) in [6.45, 7) is 0.848. The summed E-state index contributed by atoms with van der Waals surface area (Å²) in [5.41, 5.74) is 5.09. The Balaban J connectivity index is 1.80. The lowest BCUT2D eigenvalue weighted by Gasteiger charge is -1.99. The Morgan fingerprint density at radius 2 is 2.40 bits per heavy atom. The van der Waals surface area contributed by atoms with Crippen LogP contribution in [0.4, 0.5) is 0 Å². The predicted molar refractivity (Wildman–Crippen MR) is 43.0 cm³/mol. The van der Waals surface area contributed by atoms with Crippen molar-refractivity contribution in [2.24, 2.45) is 11.7 Å². The number of ether oxygens (including phenoxy) is 1. The third kappa shape index (κ3) is 3.74. The van der Waals surface area contributed by atoms with Gasteiger partial charge in [0.15, 0.2) is 5.17 Å². The second-order valence-corrected chi connectivity index (χ2v) is 3.40. The molecular formula is C6H12N2OS. The molecule has 1 fully saturated rings. The molecule has 1 rings (SSSR count). The molecule has 0 aromatic heterocycles. The van der Waals surface area contributed by atoms with Crippen molar-refractivity contribution in [3.05, 3.63) is 0 Å². The number of nitrogens with two attached hydrogens (primary N) is 1. The second kappa shape index (κ2) is 3.83. The largest absolute Gasteiger partial charge is 0.379 e. The maximum Gasteiger partial charge on any atom is 0.153 e. The van der Waals surface area contributed by atoms with Crippen molar-refractivity contribution in [1.29, 1.82) is 5.41 Å². The average Bonchev–Trinajstić information content (AvgIpc) is 2.62. The molecule has 3 N–H and O–H groups in total. The molecule has 58 valence electrons. The van der Waals surface area contributed by atoms with Crippen molar-refractivity contribution >= 4 is 16.9 Å². The highest BCUT2D eigenvalue weighted by molar-refractivity contribution is 8.13. The fraction of sp³-hybridized carbons (Fsp3) is 0.833. The van der Waals surface area contributed by atoms with Gasteiger partial charge in [-0.1, -0.05) is 11.8 Å². The SMILES string of the molecule is N=C(N)SCOCC1CC1. The highest BCUT2D eigenvalue weighted by Crippen LogP contribution is 2.28. The summed E-state index contributed by atoms with van der Waals surface area (Å²) < 4.78 is 5.21. The Morgan fingerprint density at radius 1 is 1.70 bits per heavy atom. The number of thioether (sulfide) groups is 1. The highest BCUT2D eigenvalue weighted by atomic mass is 32.2. The van der Waals surface area contributed by atoms with E-state index < -0.39 is 0 Å². The number of nitrogens with one attached hydrogen (secondary N) is 1. The molecule has 0 heterocycles. The first-order valence-corrected chi connectivity index (χ1v) is 4.32. The average molecular weight is 160 g/mol. The van der Waals surface area contributed by atoms with Crippen LogP contribution in [0.5, 0.6) is 0 Å². The van der Waals surface area contributed by atoms with E-state index in [0.717, 1.165) is 12.5 Å². The lowest BCUT2D eigenvalue weighted by Crippen LogP contribution is -2.06. The normalized spacial score (nSPS) is 17.2. The third-order valence-electron chi connectivity index (χ3n) is 1.35. The van der Waals surface area contributed by atoms with Crippen molar-refractivity contribution in [2.75, 3.05) is 12.5 Å². The lowest BCUT2D eigenvalue weighted by atomic mass is 10.5. The Hall–Kier alpha value is -0.220. The summed E-state index contributed by atoms with van der Waals surface area (Å²) in [4.78, 5) is 0. The van der Waals surface area contributed by atoms with Crippen LogP contribution in [0.2, 0.25) is 0 Å². The van der Waals surface area contributed by atoms with Crippen LogP contribution >= 0.6 is 11.8 Å². The Kier molecular flexibility index (Phi) is 3.02. The van der Waals surface area contributed by atoms with E-state index in [9.17, 15) is 0 Å². The fourth-order valence-electron chi connectivity index (χ4n) is 0.604. The van der Waals surface area contributed by atoms with Gasteiger partial charge in [-0.2, -0.15) is 0 Å². The lowest BCUT2D eigenvalue weighted by molar-refractivity contribution is 0.171. The molecule has 0 amide bonds. The fourth-order valence-corrected chi connectivity index (χ4v) is 0.911. The zero-order chi connectivity index (χ0) is 7.40. The van der Waals surface area contributed by atoms with Crippen molar-refractivity contribution in [3.8, 4) is 0 Å². The minimum Gasteiger partial charge on any atom is -0.379 e. The van der Waals surface area contributed by atoms with E-state index in [1.807, 2.05) is 0 Å². The number of amidine groups is 1. The molecule has 0 aromatic carbocycles. The van der Waals surface area contributed by atoms with E-state index in [-0.39, 0.29) is 5.17 Å². The van der Waals surface area contributed by atoms with Crippen LogP contribution in [0, 0.1) is 11.3 Å². The summed E-state index contributed by atoms with van der Waals surface area (Å²) in [6.07, 6.45) is 2.62. The topological polar surface area (TPSA) is 59.1 Å². The first-order chi connectivity index (χ1) is 4.79. The summed E-state index contributed by atoms with van der Waals surface area (Å²) in [6, 6.07) is 0. The molecule has 4 heteroatoms. The molecule has 0 bridgehead atoms. The first kappa shape index (κ1) is 7.88. The van der Waals surface area contributed by atoms with E-state index in [1.54, 1.807) is 0 Å². The maximum atomic E-state index is 6.86. The van der Waals surface area contributed by atoms with Gasteiger partial charge in [0.2, 0.25) is 0 Å². The van der Waals surface area contributed by atoms with Gasteiger partial charge in [0, 0.05) is 0 Å². The van der Waals surface area contributed by atoms with Gasteiger partial charge in [-0.05, 0) is 18.8 Å². The summed E-state index contributed by atoms with van der Waals surface area (Å²) >= 11 is 1.24. The van der Waals surface area contributed by atoms with Crippen LogP contribution in [-0.4, -0.2) is 17.7 Å². The Bertz CT molecular complexity index is 125. The highest BCUT2D eigenvalue weighted by Gasteiger charge is 2.20. The first-order valence-electron chi connectivity index (χ1n) is 3.33. The van der Waals surface area contributed by atoms with Crippen LogP contribution in [-0.2, 0) is 4.74 Å². The van der Waals surface area contributed by atoms with Gasteiger partial charge in [0.1, 0.15) is 0 Å². The predicted octanol–water partition coefficient (Wildman–Crippen LogP) is 0.997. The summed E-state index contributed by atoms with van der Waals surface area (Å²) in [7, 11) is 0. The molecule has 1 aliphatic rings. The number of hydrogen-bond donors (Lipinski definition) is 2. The number of hydrogen-bond acceptors (Lipinski definition) is 3. The van der Waals surface area contributed by atoms with Crippen molar-refractivity contribution < 1.29 is 4.74 Å². The molecule has 3 nitrogen and oxygen atoms in total. The van der Waals surface area contributed by atoms with E-state index in [4.69, 9.17) is 15.9 Å².